The molecule has 0 N–H and O–H groups in total. The van der Waals surface area contributed by atoms with Crippen LogP contribution in [-0.2, 0) is 25.3 Å². The van der Waals surface area contributed by atoms with Gasteiger partial charge in [-0.2, -0.15) is 4.91 Å². The van der Waals surface area contributed by atoms with Gasteiger partial charge in [-0.15, -0.1) is 0 Å². The summed E-state index contributed by atoms with van der Waals surface area (Å²) < 4.78 is 0. The molecule has 0 saturated carbocycles. The summed E-state index contributed by atoms with van der Waals surface area (Å²) in [5.41, 5.74) is 0.910. The van der Waals surface area contributed by atoms with E-state index in [4.69, 9.17) is 12.6 Å². The minimum Gasteiger partial charge on any atom is -0.789 e. The highest BCUT2D eigenvalue weighted by Crippen LogP contribution is 2.08. The molecule has 0 aromatic carbocycles. The molecule has 0 fully saturated rings. The fourth-order valence-electron chi connectivity index (χ4n) is 0.577. The maximum atomic E-state index is 4.92. The van der Waals surface area contributed by atoms with Gasteiger partial charge in [0.05, 0.1) is 0 Å². The first-order valence-electron chi connectivity index (χ1n) is 2.74. The van der Waals surface area contributed by atoms with E-state index < -0.39 is 0 Å². The summed E-state index contributed by atoms with van der Waals surface area (Å²) in [6.45, 7) is 0. The lowest BCUT2D eigenvalue weighted by Gasteiger charge is -2.13. The van der Waals surface area contributed by atoms with Gasteiger partial charge in [-0.3, -0.25) is 4.98 Å². The molecular weight excluding hydrogens is 162 g/mol. The Hall–Kier alpha value is -0.670. The fourth-order valence-corrected chi connectivity index (χ4v) is 0.833. The third kappa shape index (κ3) is 1.65. The number of rotatable bonds is 1. The molecule has 0 aliphatic heterocycles. The third-order valence-corrected chi connectivity index (χ3v) is 1.79. The van der Waals surface area contributed by atoms with Gasteiger partial charge in [-0.25, -0.2) is 5.41 Å². The molecule has 52 valence electrons. The Labute approximate surface area is 71.0 Å². The van der Waals surface area contributed by atoms with Gasteiger partial charge in [0.1, 0.15) is 0 Å². The van der Waals surface area contributed by atoms with Crippen molar-refractivity contribution in [3.63, 3.8) is 0 Å². The van der Waals surface area contributed by atoms with Crippen molar-refractivity contribution in [3.05, 3.63) is 35.5 Å². The summed E-state index contributed by atoms with van der Waals surface area (Å²) in [6.07, 6.45) is 3.40. The number of hydrogen-bond acceptors (Lipinski definition) is 3. The molecule has 3 heteroatoms. The molecule has 10 heavy (non-hydrogen) atoms. The maximum absolute atomic E-state index is 4.92. The number of hydrogen-bond donors (Lipinski definition) is 0. The molecule has 1 aromatic rings. The highest BCUT2D eigenvalue weighted by atomic mass is 32.1. The van der Waals surface area contributed by atoms with Gasteiger partial charge in [0.25, 0.3) is 0 Å². The van der Waals surface area contributed by atoms with Crippen LogP contribution in [0.15, 0.2) is 29.9 Å². The molecule has 0 radical (unpaired) electrons. The minimum absolute atomic E-state index is 0.670. The molecule has 0 bridgehead atoms. The van der Waals surface area contributed by atoms with Crippen LogP contribution in [0.4, 0.5) is 0 Å². The molecule has 1 nitrogen and oxygen atoms in total. The number of aromatic nitrogens is 1. The van der Waals surface area contributed by atoms with E-state index in [-0.39, 0.29) is 0 Å². The Morgan fingerprint density at radius 1 is 1.60 bits per heavy atom. The molecule has 1 heterocycles. The molecule has 0 saturated heterocycles. The van der Waals surface area contributed by atoms with E-state index in [1.165, 1.54) is 5.41 Å². The average Bonchev–Trinajstić information content (AvgIpc) is 2.05. The molecule has 0 atom stereocenters. The SMILES string of the molecule is [S-]/C=C(\[S-])c1cccnc1. The van der Waals surface area contributed by atoms with Crippen LogP contribution in [-0.4, -0.2) is 4.98 Å². The van der Waals surface area contributed by atoms with Crippen molar-refractivity contribution in [2.45, 2.75) is 0 Å². The molecule has 0 aliphatic rings. The minimum atomic E-state index is 0.670. The molecule has 0 spiro atoms. The first-order chi connectivity index (χ1) is 4.84. The van der Waals surface area contributed by atoms with Gasteiger partial charge in [0, 0.05) is 12.4 Å². The fraction of sp³-hybridized carbons (Fsp3) is 0. The topological polar surface area (TPSA) is 12.9 Å². The Bertz CT molecular complexity index is 231. The normalized spacial score (nSPS) is 11.4. The van der Waals surface area contributed by atoms with Crippen LogP contribution >= 0.6 is 0 Å². The lowest BCUT2D eigenvalue weighted by molar-refractivity contribution is 1.32. The van der Waals surface area contributed by atoms with Gasteiger partial charge < -0.3 is 25.3 Å². The molecule has 1 aromatic heterocycles. The van der Waals surface area contributed by atoms with Crippen molar-refractivity contribution in [3.8, 4) is 0 Å². The van der Waals surface area contributed by atoms with Crippen LogP contribution in [0.5, 0.6) is 0 Å². The van der Waals surface area contributed by atoms with Crippen molar-refractivity contribution < 1.29 is 0 Å². The summed E-state index contributed by atoms with van der Waals surface area (Å²) in [5.74, 6) is 0. The van der Waals surface area contributed by atoms with E-state index in [1.807, 2.05) is 12.1 Å². The van der Waals surface area contributed by atoms with E-state index in [1.54, 1.807) is 12.4 Å². The van der Waals surface area contributed by atoms with Crippen LogP contribution in [0.25, 0.3) is 4.91 Å². The van der Waals surface area contributed by atoms with Gasteiger partial charge in [-0.1, -0.05) is 6.07 Å². The standard InChI is InChI=1S/C7H7NS2/c9-5-7(10)6-2-1-3-8-4-6/h1-5,9-10H/p-2/b7-5-. The molecule has 0 amide bonds. The molecular formula is C7H5NS2-2. The highest BCUT2D eigenvalue weighted by molar-refractivity contribution is 7.72. The zero-order valence-corrected chi connectivity index (χ0v) is 6.78. The second kappa shape index (κ2) is 3.49. The maximum Gasteiger partial charge on any atom is 0.0324 e. The van der Waals surface area contributed by atoms with Crippen molar-refractivity contribution in [2.24, 2.45) is 0 Å². The van der Waals surface area contributed by atoms with Crippen molar-refractivity contribution in [2.75, 3.05) is 0 Å². The highest BCUT2D eigenvalue weighted by Gasteiger charge is 1.81. The summed E-state index contributed by atoms with van der Waals surface area (Å²) in [7, 11) is 0. The van der Waals surface area contributed by atoms with Crippen LogP contribution in [0.1, 0.15) is 5.56 Å². The number of nitrogens with zero attached hydrogens (tertiary/aromatic N) is 1. The van der Waals surface area contributed by atoms with Crippen LogP contribution in [0.2, 0.25) is 0 Å². The summed E-state index contributed by atoms with van der Waals surface area (Å²) in [6, 6.07) is 3.72. The second-order valence-corrected chi connectivity index (χ2v) is 2.40. The molecule has 0 unspecified atom stereocenters. The Morgan fingerprint density at radius 2 is 2.40 bits per heavy atom. The lowest BCUT2D eigenvalue weighted by atomic mass is 10.3. The quantitative estimate of drug-likeness (QED) is 0.588. The summed E-state index contributed by atoms with van der Waals surface area (Å²) >= 11 is 9.58. The van der Waals surface area contributed by atoms with E-state index in [0.717, 1.165) is 5.56 Å². The van der Waals surface area contributed by atoms with Crippen LogP contribution in [0, 0.1) is 0 Å². The Balaban J connectivity index is 2.96. The van der Waals surface area contributed by atoms with E-state index in [2.05, 4.69) is 17.6 Å². The second-order valence-electron chi connectivity index (χ2n) is 1.72. The van der Waals surface area contributed by atoms with E-state index in [9.17, 15) is 0 Å². The molecule has 1 rings (SSSR count). The van der Waals surface area contributed by atoms with Crippen molar-refractivity contribution in [1.29, 1.82) is 0 Å². The predicted molar refractivity (Wildman–Crippen MR) is 46.9 cm³/mol. The van der Waals surface area contributed by atoms with Gasteiger partial charge in [-0.05, 0) is 11.6 Å². The number of pyridine rings is 1. The Morgan fingerprint density at radius 3 is 2.90 bits per heavy atom. The van der Waals surface area contributed by atoms with Crippen molar-refractivity contribution >= 4 is 30.2 Å². The van der Waals surface area contributed by atoms with Crippen molar-refractivity contribution in [1.82, 2.24) is 4.98 Å². The van der Waals surface area contributed by atoms with Gasteiger partial charge in [0.15, 0.2) is 0 Å². The van der Waals surface area contributed by atoms with Crippen LogP contribution < -0.4 is 0 Å². The monoisotopic (exact) mass is 167 g/mol. The van der Waals surface area contributed by atoms with Gasteiger partial charge in [0.2, 0.25) is 0 Å². The predicted octanol–water partition coefficient (Wildman–Crippen LogP) is 1.47. The Kier molecular flexibility index (Phi) is 2.59. The zero-order valence-electron chi connectivity index (χ0n) is 5.15. The third-order valence-electron chi connectivity index (χ3n) is 1.05. The van der Waals surface area contributed by atoms with Crippen LogP contribution in [0.3, 0.4) is 0 Å². The zero-order chi connectivity index (χ0) is 7.40. The average molecular weight is 167 g/mol. The first-order valence-corrected chi connectivity index (χ1v) is 3.62. The summed E-state index contributed by atoms with van der Waals surface area (Å²) in [4.78, 5) is 4.57. The smallest absolute Gasteiger partial charge is 0.0324 e. The lowest BCUT2D eigenvalue weighted by Crippen LogP contribution is -1.79. The first kappa shape index (κ1) is 7.44. The summed E-state index contributed by atoms with van der Waals surface area (Å²) in [5, 5.41) is 1.48. The van der Waals surface area contributed by atoms with E-state index in [0.29, 0.717) is 4.91 Å². The van der Waals surface area contributed by atoms with Gasteiger partial charge >= 0.3 is 0 Å². The molecule has 0 aliphatic carbocycles. The largest absolute Gasteiger partial charge is 0.789 e. The van der Waals surface area contributed by atoms with E-state index >= 15 is 0 Å².